The van der Waals surface area contributed by atoms with E-state index < -0.39 is 0 Å². The quantitative estimate of drug-likeness (QED) is 0.725. The molecule has 80 valence electrons. The molecule has 2 heterocycles. The van der Waals surface area contributed by atoms with Crippen LogP contribution in [0.25, 0.3) is 0 Å². The SMILES string of the molecule is NC1CC2CCC(C1)N2CC1CCC1. The van der Waals surface area contributed by atoms with Gasteiger partial charge in [0.15, 0.2) is 0 Å². The molecule has 2 unspecified atom stereocenters. The zero-order chi connectivity index (χ0) is 9.54. The first-order valence-corrected chi connectivity index (χ1v) is 6.34. The molecule has 2 bridgehead atoms. The Morgan fingerprint density at radius 1 is 1.00 bits per heavy atom. The lowest BCUT2D eigenvalue weighted by atomic mass is 9.84. The fourth-order valence-electron chi connectivity index (χ4n) is 3.59. The van der Waals surface area contributed by atoms with Crippen molar-refractivity contribution < 1.29 is 0 Å². The van der Waals surface area contributed by atoms with Crippen LogP contribution in [-0.2, 0) is 0 Å². The lowest BCUT2D eigenvalue weighted by Crippen LogP contribution is -2.49. The monoisotopic (exact) mass is 194 g/mol. The van der Waals surface area contributed by atoms with Crippen LogP contribution in [0.2, 0.25) is 0 Å². The summed E-state index contributed by atoms with van der Waals surface area (Å²) in [6.45, 7) is 1.39. The molecule has 0 radical (unpaired) electrons. The Morgan fingerprint density at radius 3 is 2.14 bits per heavy atom. The normalized spacial score (nSPS) is 43.9. The van der Waals surface area contributed by atoms with Crippen molar-refractivity contribution in [2.45, 2.75) is 63.1 Å². The number of piperidine rings is 1. The molecule has 0 aromatic carbocycles. The summed E-state index contributed by atoms with van der Waals surface area (Å²) in [5.74, 6) is 1.03. The molecule has 1 aliphatic carbocycles. The fourth-order valence-corrected chi connectivity index (χ4v) is 3.59. The van der Waals surface area contributed by atoms with E-state index in [0.717, 1.165) is 18.0 Å². The second-order valence-corrected chi connectivity index (χ2v) is 5.61. The molecule has 2 N–H and O–H groups in total. The van der Waals surface area contributed by atoms with Crippen molar-refractivity contribution in [3.63, 3.8) is 0 Å². The molecule has 3 fully saturated rings. The van der Waals surface area contributed by atoms with E-state index in [-0.39, 0.29) is 0 Å². The average Bonchev–Trinajstić information content (AvgIpc) is 2.29. The van der Waals surface area contributed by atoms with Gasteiger partial charge in [0.2, 0.25) is 0 Å². The molecule has 0 amide bonds. The van der Waals surface area contributed by atoms with Gasteiger partial charge in [0.25, 0.3) is 0 Å². The van der Waals surface area contributed by atoms with Crippen LogP contribution < -0.4 is 5.73 Å². The molecule has 3 rings (SSSR count). The molecule has 1 saturated carbocycles. The molecule has 0 aromatic rings. The van der Waals surface area contributed by atoms with Gasteiger partial charge in [-0.05, 0) is 44.4 Å². The topological polar surface area (TPSA) is 29.3 Å². The Balaban J connectivity index is 1.62. The maximum atomic E-state index is 6.07. The van der Waals surface area contributed by atoms with Gasteiger partial charge in [-0.25, -0.2) is 0 Å². The Morgan fingerprint density at radius 2 is 1.64 bits per heavy atom. The van der Waals surface area contributed by atoms with Gasteiger partial charge in [0, 0.05) is 24.7 Å². The van der Waals surface area contributed by atoms with Crippen LogP contribution in [0.5, 0.6) is 0 Å². The van der Waals surface area contributed by atoms with Gasteiger partial charge in [-0.15, -0.1) is 0 Å². The third kappa shape index (κ3) is 1.49. The maximum Gasteiger partial charge on any atom is 0.0114 e. The van der Waals surface area contributed by atoms with E-state index in [9.17, 15) is 0 Å². The van der Waals surface area contributed by atoms with Crippen molar-refractivity contribution in [2.24, 2.45) is 11.7 Å². The molecule has 2 nitrogen and oxygen atoms in total. The van der Waals surface area contributed by atoms with Crippen LogP contribution in [0.15, 0.2) is 0 Å². The summed E-state index contributed by atoms with van der Waals surface area (Å²) in [5, 5.41) is 0. The molecule has 0 spiro atoms. The number of rotatable bonds is 2. The number of hydrogen-bond acceptors (Lipinski definition) is 2. The molecule has 14 heavy (non-hydrogen) atoms. The van der Waals surface area contributed by atoms with E-state index in [2.05, 4.69) is 4.90 Å². The van der Waals surface area contributed by atoms with Gasteiger partial charge in [0.05, 0.1) is 0 Å². The van der Waals surface area contributed by atoms with Crippen LogP contribution in [0.1, 0.15) is 44.9 Å². The summed E-state index contributed by atoms with van der Waals surface area (Å²) in [6, 6.07) is 2.21. The van der Waals surface area contributed by atoms with Crippen LogP contribution in [-0.4, -0.2) is 29.6 Å². The highest BCUT2D eigenvalue weighted by atomic mass is 15.2. The molecule has 2 saturated heterocycles. The Kier molecular flexibility index (Phi) is 2.29. The molecular formula is C12H22N2. The van der Waals surface area contributed by atoms with E-state index >= 15 is 0 Å². The average molecular weight is 194 g/mol. The van der Waals surface area contributed by atoms with Crippen molar-refractivity contribution in [2.75, 3.05) is 6.54 Å². The van der Waals surface area contributed by atoms with E-state index in [1.807, 2.05) is 0 Å². The zero-order valence-electron chi connectivity index (χ0n) is 8.99. The predicted octanol–water partition coefficient (Wildman–Crippen LogP) is 1.74. The van der Waals surface area contributed by atoms with Crippen LogP contribution in [0, 0.1) is 5.92 Å². The molecule has 2 atom stereocenters. The second kappa shape index (κ2) is 3.49. The van der Waals surface area contributed by atoms with Crippen molar-refractivity contribution in [3.8, 4) is 0 Å². The van der Waals surface area contributed by atoms with Crippen molar-refractivity contribution in [1.82, 2.24) is 4.90 Å². The highest BCUT2D eigenvalue weighted by Crippen LogP contribution is 2.38. The van der Waals surface area contributed by atoms with E-state index in [1.165, 1.54) is 51.5 Å². The number of hydrogen-bond donors (Lipinski definition) is 1. The van der Waals surface area contributed by atoms with Gasteiger partial charge in [-0.3, -0.25) is 4.90 Å². The molecule has 2 heteroatoms. The van der Waals surface area contributed by atoms with Gasteiger partial charge in [0.1, 0.15) is 0 Å². The van der Waals surface area contributed by atoms with Crippen molar-refractivity contribution >= 4 is 0 Å². The lowest BCUT2D eigenvalue weighted by Gasteiger charge is -2.41. The summed E-state index contributed by atoms with van der Waals surface area (Å²) in [6.07, 6.45) is 9.83. The Hall–Kier alpha value is -0.0800. The summed E-state index contributed by atoms with van der Waals surface area (Å²) in [5.41, 5.74) is 6.07. The second-order valence-electron chi connectivity index (χ2n) is 5.61. The summed E-state index contributed by atoms with van der Waals surface area (Å²) in [7, 11) is 0. The largest absolute Gasteiger partial charge is 0.328 e. The highest BCUT2D eigenvalue weighted by Gasteiger charge is 2.40. The minimum absolute atomic E-state index is 0.505. The number of fused-ring (bicyclic) bond motifs is 2. The smallest absolute Gasteiger partial charge is 0.0114 e. The van der Waals surface area contributed by atoms with E-state index in [0.29, 0.717) is 6.04 Å². The van der Waals surface area contributed by atoms with Gasteiger partial charge in [-0.1, -0.05) is 6.42 Å². The lowest BCUT2D eigenvalue weighted by molar-refractivity contribution is 0.0858. The van der Waals surface area contributed by atoms with Crippen molar-refractivity contribution in [3.05, 3.63) is 0 Å². The first kappa shape index (κ1) is 9.17. The molecule has 3 aliphatic rings. The Labute approximate surface area is 86.8 Å². The van der Waals surface area contributed by atoms with Gasteiger partial charge < -0.3 is 5.73 Å². The molecule has 2 aliphatic heterocycles. The van der Waals surface area contributed by atoms with Crippen LogP contribution in [0.3, 0.4) is 0 Å². The minimum Gasteiger partial charge on any atom is -0.328 e. The molecular weight excluding hydrogens is 172 g/mol. The zero-order valence-corrected chi connectivity index (χ0v) is 8.99. The minimum atomic E-state index is 0.505. The Bertz CT molecular complexity index is 198. The third-order valence-electron chi connectivity index (χ3n) is 4.61. The summed E-state index contributed by atoms with van der Waals surface area (Å²) < 4.78 is 0. The van der Waals surface area contributed by atoms with Crippen LogP contribution in [0.4, 0.5) is 0 Å². The number of nitrogens with zero attached hydrogens (tertiary/aromatic N) is 1. The maximum absolute atomic E-state index is 6.07. The van der Waals surface area contributed by atoms with Gasteiger partial charge >= 0.3 is 0 Å². The van der Waals surface area contributed by atoms with E-state index in [4.69, 9.17) is 5.73 Å². The third-order valence-corrected chi connectivity index (χ3v) is 4.61. The van der Waals surface area contributed by atoms with Crippen LogP contribution >= 0.6 is 0 Å². The predicted molar refractivity (Wildman–Crippen MR) is 58.1 cm³/mol. The van der Waals surface area contributed by atoms with Crippen molar-refractivity contribution in [1.29, 1.82) is 0 Å². The van der Waals surface area contributed by atoms with Gasteiger partial charge in [-0.2, -0.15) is 0 Å². The highest BCUT2D eigenvalue weighted by molar-refractivity contribution is 4.97. The summed E-state index contributed by atoms with van der Waals surface area (Å²) in [4.78, 5) is 2.80. The first-order chi connectivity index (χ1) is 6.83. The summed E-state index contributed by atoms with van der Waals surface area (Å²) >= 11 is 0. The van der Waals surface area contributed by atoms with E-state index in [1.54, 1.807) is 0 Å². The standard InChI is InChI=1S/C12H22N2/c13-10-6-11-4-5-12(7-10)14(11)8-9-2-1-3-9/h9-12H,1-8,13H2. The number of nitrogens with two attached hydrogens (primary N) is 1. The first-order valence-electron chi connectivity index (χ1n) is 6.34. The fraction of sp³-hybridized carbons (Fsp3) is 1.00. The molecule has 0 aromatic heterocycles.